The molecule has 66 valence electrons. The monoisotopic (exact) mass is 169 g/mol. The summed E-state index contributed by atoms with van der Waals surface area (Å²) in [4.78, 5) is 0. The second kappa shape index (κ2) is 4.07. The van der Waals surface area contributed by atoms with Crippen LogP contribution in [0.3, 0.4) is 0 Å². The molecule has 0 saturated carbocycles. The molecular weight excluding hydrogens is 157 g/mol. The summed E-state index contributed by atoms with van der Waals surface area (Å²) in [5, 5.41) is 0. The van der Waals surface area contributed by atoms with Gasteiger partial charge < -0.3 is 10.5 Å². The first-order valence-corrected chi connectivity index (χ1v) is 3.85. The van der Waals surface area contributed by atoms with Crippen molar-refractivity contribution in [2.75, 3.05) is 6.54 Å². The zero-order valence-corrected chi connectivity index (χ0v) is 6.96. The van der Waals surface area contributed by atoms with Gasteiger partial charge in [-0.05, 0) is 19.1 Å². The van der Waals surface area contributed by atoms with E-state index in [9.17, 15) is 4.39 Å². The molecule has 1 aromatic rings. The average molecular weight is 169 g/mol. The molecule has 0 saturated heterocycles. The lowest BCUT2D eigenvalue weighted by Gasteiger charge is -2.12. The van der Waals surface area contributed by atoms with E-state index in [0.29, 0.717) is 6.54 Å². The Morgan fingerprint density at radius 1 is 1.50 bits per heavy atom. The van der Waals surface area contributed by atoms with Gasteiger partial charge >= 0.3 is 0 Å². The van der Waals surface area contributed by atoms with Crippen molar-refractivity contribution in [1.82, 2.24) is 0 Å². The lowest BCUT2D eigenvalue weighted by molar-refractivity contribution is 0.219. The molecule has 0 aliphatic carbocycles. The van der Waals surface area contributed by atoms with Crippen LogP contribution in [0.15, 0.2) is 24.3 Å². The number of hydrogen-bond acceptors (Lipinski definition) is 2. The maximum absolute atomic E-state index is 12.9. The average Bonchev–Trinajstić information content (AvgIpc) is 2.09. The van der Waals surface area contributed by atoms with Crippen LogP contribution in [-0.4, -0.2) is 12.6 Å². The van der Waals surface area contributed by atoms with E-state index in [0.717, 1.165) is 0 Å². The summed E-state index contributed by atoms with van der Waals surface area (Å²) in [6.45, 7) is 2.18. The van der Waals surface area contributed by atoms with Crippen molar-refractivity contribution in [1.29, 1.82) is 0 Å². The summed E-state index contributed by atoms with van der Waals surface area (Å²) in [5.41, 5.74) is 5.32. The molecule has 1 aromatic carbocycles. The van der Waals surface area contributed by atoms with Crippen molar-refractivity contribution in [2.45, 2.75) is 13.0 Å². The van der Waals surface area contributed by atoms with Crippen LogP contribution in [0.25, 0.3) is 0 Å². The molecule has 1 rings (SSSR count). The Bertz CT molecular complexity index is 252. The Morgan fingerprint density at radius 3 is 2.75 bits per heavy atom. The van der Waals surface area contributed by atoms with Gasteiger partial charge in [0, 0.05) is 6.54 Å². The van der Waals surface area contributed by atoms with Gasteiger partial charge in [-0.1, -0.05) is 12.1 Å². The second-order valence-corrected chi connectivity index (χ2v) is 2.59. The Balaban J connectivity index is 2.69. The summed E-state index contributed by atoms with van der Waals surface area (Å²) in [6, 6.07) is 6.29. The highest BCUT2D eigenvalue weighted by molar-refractivity contribution is 5.23. The van der Waals surface area contributed by atoms with Crippen molar-refractivity contribution in [3.05, 3.63) is 30.1 Å². The third-order valence-electron chi connectivity index (χ3n) is 1.50. The van der Waals surface area contributed by atoms with Crippen LogP contribution in [-0.2, 0) is 0 Å². The van der Waals surface area contributed by atoms with Crippen LogP contribution in [0, 0.1) is 5.82 Å². The zero-order valence-electron chi connectivity index (χ0n) is 6.96. The van der Waals surface area contributed by atoms with E-state index >= 15 is 0 Å². The second-order valence-electron chi connectivity index (χ2n) is 2.59. The molecule has 0 aliphatic heterocycles. The molecule has 0 amide bonds. The van der Waals surface area contributed by atoms with Crippen LogP contribution in [0.4, 0.5) is 4.39 Å². The molecule has 0 fully saturated rings. The number of halogens is 1. The van der Waals surface area contributed by atoms with Gasteiger partial charge in [0.05, 0.1) is 0 Å². The number of nitrogens with two attached hydrogens (primary N) is 1. The number of para-hydroxylation sites is 1. The fourth-order valence-electron chi connectivity index (χ4n) is 0.805. The van der Waals surface area contributed by atoms with E-state index in [1.807, 2.05) is 0 Å². The minimum atomic E-state index is -0.349. The van der Waals surface area contributed by atoms with Gasteiger partial charge in [0.15, 0.2) is 11.6 Å². The third kappa shape index (κ3) is 2.20. The first-order valence-electron chi connectivity index (χ1n) is 3.85. The molecule has 0 bridgehead atoms. The van der Waals surface area contributed by atoms with Crippen LogP contribution in [0.2, 0.25) is 0 Å². The Hall–Kier alpha value is -1.09. The quantitative estimate of drug-likeness (QED) is 0.745. The van der Waals surface area contributed by atoms with E-state index in [1.165, 1.54) is 6.07 Å². The van der Waals surface area contributed by atoms with E-state index in [2.05, 4.69) is 0 Å². The van der Waals surface area contributed by atoms with Crippen LogP contribution in [0.5, 0.6) is 5.75 Å². The van der Waals surface area contributed by atoms with Gasteiger partial charge in [0.25, 0.3) is 0 Å². The SMILES string of the molecule is CC(CN)Oc1ccccc1F. The maximum Gasteiger partial charge on any atom is 0.165 e. The smallest absolute Gasteiger partial charge is 0.165 e. The van der Waals surface area contributed by atoms with Gasteiger partial charge in [-0.3, -0.25) is 0 Å². The maximum atomic E-state index is 12.9. The number of rotatable bonds is 3. The Morgan fingerprint density at radius 2 is 2.17 bits per heavy atom. The van der Waals surface area contributed by atoms with E-state index in [1.54, 1.807) is 25.1 Å². The Kier molecular flexibility index (Phi) is 3.05. The molecule has 0 heterocycles. The predicted molar refractivity (Wildman–Crippen MR) is 45.5 cm³/mol. The fraction of sp³-hybridized carbons (Fsp3) is 0.333. The van der Waals surface area contributed by atoms with Crippen molar-refractivity contribution in [3.8, 4) is 5.75 Å². The van der Waals surface area contributed by atoms with Gasteiger partial charge in [-0.2, -0.15) is 0 Å². The predicted octanol–water partition coefficient (Wildman–Crippen LogP) is 1.55. The zero-order chi connectivity index (χ0) is 8.97. The summed E-state index contributed by atoms with van der Waals surface area (Å²) in [6.07, 6.45) is -0.151. The standard InChI is InChI=1S/C9H12FNO/c1-7(6-11)12-9-5-3-2-4-8(9)10/h2-5,7H,6,11H2,1H3. The highest BCUT2D eigenvalue weighted by Gasteiger charge is 2.04. The van der Waals surface area contributed by atoms with Crippen molar-refractivity contribution in [2.24, 2.45) is 5.73 Å². The Labute approximate surface area is 71.1 Å². The summed E-state index contributed by atoms with van der Waals surface area (Å²) < 4.78 is 18.1. The fourth-order valence-corrected chi connectivity index (χ4v) is 0.805. The van der Waals surface area contributed by atoms with Gasteiger partial charge in [-0.25, -0.2) is 4.39 Å². The minimum Gasteiger partial charge on any atom is -0.486 e. The largest absolute Gasteiger partial charge is 0.486 e. The van der Waals surface area contributed by atoms with Gasteiger partial charge in [0.1, 0.15) is 6.10 Å². The van der Waals surface area contributed by atoms with E-state index in [-0.39, 0.29) is 17.7 Å². The third-order valence-corrected chi connectivity index (χ3v) is 1.50. The molecular formula is C9H12FNO. The van der Waals surface area contributed by atoms with E-state index < -0.39 is 0 Å². The first-order chi connectivity index (χ1) is 5.74. The summed E-state index contributed by atoms with van der Waals surface area (Å²) in [7, 11) is 0. The lowest BCUT2D eigenvalue weighted by atomic mass is 10.3. The molecule has 0 radical (unpaired) electrons. The van der Waals surface area contributed by atoms with Crippen molar-refractivity contribution in [3.63, 3.8) is 0 Å². The molecule has 1 unspecified atom stereocenters. The first kappa shape index (κ1) is 9.00. The van der Waals surface area contributed by atoms with E-state index in [4.69, 9.17) is 10.5 Å². The van der Waals surface area contributed by atoms with Crippen molar-refractivity contribution < 1.29 is 9.13 Å². The lowest BCUT2D eigenvalue weighted by Crippen LogP contribution is -2.23. The number of hydrogen-bond donors (Lipinski definition) is 1. The topological polar surface area (TPSA) is 35.2 Å². The van der Waals surface area contributed by atoms with Crippen LogP contribution >= 0.6 is 0 Å². The molecule has 12 heavy (non-hydrogen) atoms. The minimum absolute atomic E-state index is 0.151. The molecule has 0 aromatic heterocycles. The normalized spacial score (nSPS) is 12.6. The molecule has 0 aliphatic rings. The number of ether oxygens (including phenoxy) is 1. The molecule has 2 N–H and O–H groups in total. The summed E-state index contributed by atoms with van der Waals surface area (Å²) in [5.74, 6) is -0.0896. The number of benzene rings is 1. The van der Waals surface area contributed by atoms with Crippen molar-refractivity contribution >= 4 is 0 Å². The summed E-state index contributed by atoms with van der Waals surface area (Å²) >= 11 is 0. The highest BCUT2D eigenvalue weighted by atomic mass is 19.1. The van der Waals surface area contributed by atoms with Crippen LogP contribution < -0.4 is 10.5 Å². The highest BCUT2D eigenvalue weighted by Crippen LogP contribution is 2.16. The van der Waals surface area contributed by atoms with Crippen LogP contribution in [0.1, 0.15) is 6.92 Å². The molecule has 0 spiro atoms. The molecule has 3 heteroatoms. The van der Waals surface area contributed by atoms with Gasteiger partial charge in [0.2, 0.25) is 0 Å². The molecule has 2 nitrogen and oxygen atoms in total. The van der Waals surface area contributed by atoms with Gasteiger partial charge in [-0.15, -0.1) is 0 Å². The molecule has 1 atom stereocenters.